The smallest absolute Gasteiger partial charge is 0.198 e. The third kappa shape index (κ3) is 1.94. The van der Waals surface area contributed by atoms with Crippen LogP contribution in [-0.2, 0) is 0 Å². The van der Waals surface area contributed by atoms with E-state index in [0.717, 1.165) is 22.7 Å². The van der Waals surface area contributed by atoms with E-state index in [4.69, 9.17) is 4.42 Å². The van der Waals surface area contributed by atoms with Crippen LogP contribution in [0.3, 0.4) is 0 Å². The largest absolute Gasteiger partial charge is 0.440 e. The molecular formula is C17H18N2O. The molecule has 0 atom stereocenters. The maximum absolute atomic E-state index is 6.04. The number of aromatic nitrogens is 2. The van der Waals surface area contributed by atoms with Gasteiger partial charge < -0.3 is 9.40 Å². The van der Waals surface area contributed by atoms with Crippen LogP contribution < -0.4 is 0 Å². The van der Waals surface area contributed by atoms with E-state index in [1.807, 2.05) is 18.5 Å². The number of hydrogen-bond donors (Lipinski definition) is 1. The second-order valence-electron chi connectivity index (χ2n) is 5.65. The number of rotatable bonds is 2. The molecule has 0 aliphatic heterocycles. The summed E-state index contributed by atoms with van der Waals surface area (Å²) in [5.74, 6) is 2.32. The SMILES string of the molecule is c1ccc2c(-c3cnc(C4CCCCC4)o3)c[nH]c2c1. The van der Waals surface area contributed by atoms with Crippen molar-refractivity contribution in [1.29, 1.82) is 0 Å². The van der Waals surface area contributed by atoms with E-state index in [-0.39, 0.29) is 0 Å². The maximum Gasteiger partial charge on any atom is 0.198 e. The Hall–Kier alpha value is -2.03. The second-order valence-corrected chi connectivity index (χ2v) is 5.65. The van der Waals surface area contributed by atoms with Crippen molar-refractivity contribution in [2.24, 2.45) is 0 Å². The number of nitrogens with zero attached hydrogens (tertiary/aromatic N) is 1. The zero-order valence-corrected chi connectivity index (χ0v) is 11.4. The predicted octanol–water partition coefficient (Wildman–Crippen LogP) is 4.87. The topological polar surface area (TPSA) is 41.8 Å². The Labute approximate surface area is 118 Å². The van der Waals surface area contributed by atoms with Gasteiger partial charge in [0.05, 0.1) is 6.20 Å². The summed E-state index contributed by atoms with van der Waals surface area (Å²) in [6.45, 7) is 0. The Bertz CT molecular complexity index is 719. The Morgan fingerprint density at radius 1 is 1.10 bits per heavy atom. The van der Waals surface area contributed by atoms with Gasteiger partial charge in [0, 0.05) is 28.6 Å². The highest BCUT2D eigenvalue weighted by atomic mass is 16.4. The molecular weight excluding hydrogens is 248 g/mol. The Morgan fingerprint density at radius 3 is 2.85 bits per heavy atom. The normalized spacial score (nSPS) is 16.8. The quantitative estimate of drug-likeness (QED) is 0.719. The summed E-state index contributed by atoms with van der Waals surface area (Å²) in [5, 5.41) is 1.19. The van der Waals surface area contributed by atoms with Crippen molar-refractivity contribution in [1.82, 2.24) is 9.97 Å². The van der Waals surface area contributed by atoms with E-state index in [1.54, 1.807) is 0 Å². The molecule has 2 heterocycles. The molecule has 3 heteroatoms. The Kier molecular flexibility index (Phi) is 2.84. The Morgan fingerprint density at radius 2 is 1.95 bits per heavy atom. The van der Waals surface area contributed by atoms with Gasteiger partial charge in [-0.2, -0.15) is 0 Å². The van der Waals surface area contributed by atoms with Crippen LogP contribution in [0.5, 0.6) is 0 Å². The van der Waals surface area contributed by atoms with E-state index in [1.165, 1.54) is 37.5 Å². The van der Waals surface area contributed by atoms with Crippen molar-refractivity contribution < 1.29 is 4.42 Å². The lowest BCUT2D eigenvalue weighted by Gasteiger charge is -2.17. The molecule has 102 valence electrons. The number of H-pyrrole nitrogens is 1. The number of fused-ring (bicyclic) bond motifs is 1. The molecule has 1 fully saturated rings. The summed E-state index contributed by atoms with van der Waals surface area (Å²) >= 11 is 0. The van der Waals surface area contributed by atoms with Crippen LogP contribution in [0.1, 0.15) is 43.9 Å². The monoisotopic (exact) mass is 266 g/mol. The highest BCUT2D eigenvalue weighted by molar-refractivity contribution is 5.93. The van der Waals surface area contributed by atoms with Gasteiger partial charge in [0.2, 0.25) is 0 Å². The standard InChI is InChI=1S/C17H18N2O/c1-2-6-12(7-3-1)17-19-11-16(20-17)14-10-18-15-9-5-4-8-13(14)15/h4-5,8-12,18H,1-3,6-7H2. The molecule has 1 saturated carbocycles. The molecule has 0 radical (unpaired) electrons. The van der Waals surface area contributed by atoms with E-state index in [2.05, 4.69) is 28.2 Å². The lowest BCUT2D eigenvalue weighted by atomic mass is 9.89. The van der Waals surface area contributed by atoms with Crippen molar-refractivity contribution in [3.63, 3.8) is 0 Å². The molecule has 20 heavy (non-hydrogen) atoms. The molecule has 3 aromatic rings. The Balaban J connectivity index is 1.70. The average molecular weight is 266 g/mol. The van der Waals surface area contributed by atoms with Gasteiger partial charge in [0.1, 0.15) is 0 Å². The minimum Gasteiger partial charge on any atom is -0.440 e. The van der Waals surface area contributed by atoms with Gasteiger partial charge in [-0.15, -0.1) is 0 Å². The van der Waals surface area contributed by atoms with E-state index in [9.17, 15) is 0 Å². The first kappa shape index (κ1) is 11.8. The van der Waals surface area contributed by atoms with Crippen molar-refractivity contribution in [3.05, 3.63) is 42.5 Å². The van der Waals surface area contributed by atoms with E-state index >= 15 is 0 Å². The summed E-state index contributed by atoms with van der Waals surface area (Å²) in [7, 11) is 0. The van der Waals surface area contributed by atoms with E-state index < -0.39 is 0 Å². The first-order valence-electron chi connectivity index (χ1n) is 7.44. The molecule has 0 bridgehead atoms. The lowest BCUT2D eigenvalue weighted by Crippen LogP contribution is -2.04. The zero-order valence-electron chi connectivity index (χ0n) is 11.4. The molecule has 1 aliphatic rings. The maximum atomic E-state index is 6.04. The van der Waals surface area contributed by atoms with Gasteiger partial charge in [-0.1, -0.05) is 37.5 Å². The summed E-state index contributed by atoms with van der Waals surface area (Å²) in [4.78, 5) is 7.81. The summed E-state index contributed by atoms with van der Waals surface area (Å²) < 4.78 is 6.04. The third-order valence-corrected chi connectivity index (χ3v) is 4.33. The molecule has 1 aliphatic carbocycles. The fraction of sp³-hybridized carbons (Fsp3) is 0.353. The first-order chi connectivity index (χ1) is 9.92. The van der Waals surface area contributed by atoms with E-state index in [0.29, 0.717) is 5.92 Å². The molecule has 4 rings (SSSR count). The number of oxazole rings is 1. The van der Waals surface area contributed by atoms with Gasteiger partial charge in [-0.3, -0.25) is 0 Å². The summed E-state index contributed by atoms with van der Waals surface area (Å²) in [5.41, 5.74) is 2.24. The highest BCUT2D eigenvalue weighted by Crippen LogP contribution is 2.35. The number of benzene rings is 1. The minimum absolute atomic E-state index is 0.516. The van der Waals surface area contributed by atoms with Crippen molar-refractivity contribution in [2.45, 2.75) is 38.0 Å². The highest BCUT2D eigenvalue weighted by Gasteiger charge is 2.21. The van der Waals surface area contributed by atoms with Crippen LogP contribution in [0.25, 0.3) is 22.2 Å². The molecule has 1 N–H and O–H groups in total. The molecule has 0 saturated heterocycles. The molecule has 3 nitrogen and oxygen atoms in total. The average Bonchev–Trinajstić information content (AvgIpc) is 3.14. The van der Waals surface area contributed by atoms with Crippen LogP contribution in [0, 0.1) is 0 Å². The summed E-state index contributed by atoms with van der Waals surface area (Å²) in [6.07, 6.45) is 10.3. The predicted molar refractivity (Wildman–Crippen MR) is 79.6 cm³/mol. The van der Waals surface area contributed by atoms with Crippen molar-refractivity contribution >= 4 is 10.9 Å². The van der Waals surface area contributed by atoms with Crippen molar-refractivity contribution in [3.8, 4) is 11.3 Å². The third-order valence-electron chi connectivity index (χ3n) is 4.33. The minimum atomic E-state index is 0.516. The summed E-state index contributed by atoms with van der Waals surface area (Å²) in [6, 6.07) is 8.29. The first-order valence-corrected chi connectivity index (χ1v) is 7.44. The second kappa shape index (κ2) is 4.82. The van der Waals surface area contributed by atoms with Gasteiger partial charge in [0.25, 0.3) is 0 Å². The zero-order chi connectivity index (χ0) is 13.4. The van der Waals surface area contributed by atoms with Gasteiger partial charge in [0.15, 0.2) is 11.7 Å². The van der Waals surface area contributed by atoms with Crippen LogP contribution in [0.15, 0.2) is 41.1 Å². The lowest BCUT2D eigenvalue weighted by molar-refractivity contribution is 0.367. The number of para-hydroxylation sites is 1. The van der Waals surface area contributed by atoms with Crippen LogP contribution in [0.4, 0.5) is 0 Å². The number of nitrogens with one attached hydrogen (secondary N) is 1. The molecule has 1 aromatic carbocycles. The fourth-order valence-corrected chi connectivity index (χ4v) is 3.23. The van der Waals surface area contributed by atoms with Gasteiger partial charge in [-0.25, -0.2) is 4.98 Å². The van der Waals surface area contributed by atoms with Crippen LogP contribution >= 0.6 is 0 Å². The molecule has 0 unspecified atom stereocenters. The molecule has 2 aromatic heterocycles. The molecule has 0 amide bonds. The van der Waals surface area contributed by atoms with Gasteiger partial charge in [-0.05, 0) is 18.9 Å². The molecule has 0 spiro atoms. The van der Waals surface area contributed by atoms with Crippen LogP contribution in [-0.4, -0.2) is 9.97 Å². The fourth-order valence-electron chi connectivity index (χ4n) is 3.23. The number of aromatic amines is 1. The number of hydrogen-bond acceptors (Lipinski definition) is 2. The van der Waals surface area contributed by atoms with Crippen LogP contribution in [0.2, 0.25) is 0 Å². The van der Waals surface area contributed by atoms with Gasteiger partial charge >= 0.3 is 0 Å². The van der Waals surface area contributed by atoms with Crippen molar-refractivity contribution in [2.75, 3.05) is 0 Å².